The van der Waals surface area contributed by atoms with Gasteiger partial charge >= 0.3 is 0 Å². The molecule has 108 valence electrons. The summed E-state index contributed by atoms with van der Waals surface area (Å²) in [6.45, 7) is 1.11. The molecule has 2 rings (SSSR count). The molecule has 1 heterocycles. The molecule has 21 heavy (non-hydrogen) atoms. The number of rotatable bonds is 4. The number of benzene rings is 1. The van der Waals surface area contributed by atoms with Gasteiger partial charge in [0.1, 0.15) is 12.4 Å². The summed E-state index contributed by atoms with van der Waals surface area (Å²) in [7, 11) is 1.98. The predicted molar refractivity (Wildman–Crippen MR) is 79.8 cm³/mol. The highest BCUT2D eigenvalue weighted by Gasteiger charge is 2.05. The Morgan fingerprint density at radius 1 is 1.24 bits per heavy atom. The van der Waals surface area contributed by atoms with Gasteiger partial charge in [0, 0.05) is 19.3 Å². The first-order valence-electron chi connectivity index (χ1n) is 6.65. The lowest BCUT2D eigenvalue weighted by molar-refractivity contribution is 0.315. The van der Waals surface area contributed by atoms with Crippen molar-refractivity contribution in [2.45, 2.75) is 13.1 Å². The van der Waals surface area contributed by atoms with Crippen molar-refractivity contribution in [2.75, 3.05) is 13.7 Å². The molecule has 1 aromatic carbocycles. The zero-order valence-corrected chi connectivity index (χ0v) is 11.9. The lowest BCUT2D eigenvalue weighted by Gasteiger charge is -2.16. The minimum absolute atomic E-state index is 0.275. The first-order chi connectivity index (χ1) is 10.2. The Hall–Kier alpha value is -2.22. The van der Waals surface area contributed by atoms with Crippen molar-refractivity contribution in [3.05, 3.63) is 65.2 Å². The second-order valence-electron chi connectivity index (χ2n) is 4.77. The Labute approximate surface area is 124 Å². The van der Waals surface area contributed by atoms with Crippen LogP contribution in [0.2, 0.25) is 0 Å². The molecule has 0 aliphatic rings. The second-order valence-corrected chi connectivity index (χ2v) is 4.77. The van der Waals surface area contributed by atoms with Gasteiger partial charge in [-0.3, -0.25) is 9.88 Å². The molecule has 0 aliphatic heterocycles. The SMILES string of the molecule is CN(Cc1ccc(F)c(C#CCO)c1)Cc1ccccn1. The van der Waals surface area contributed by atoms with E-state index in [0.29, 0.717) is 12.1 Å². The maximum Gasteiger partial charge on any atom is 0.138 e. The van der Waals surface area contributed by atoms with Crippen molar-refractivity contribution in [3.63, 3.8) is 0 Å². The van der Waals surface area contributed by atoms with Crippen molar-refractivity contribution in [1.29, 1.82) is 0 Å². The van der Waals surface area contributed by atoms with Gasteiger partial charge < -0.3 is 5.11 Å². The van der Waals surface area contributed by atoms with E-state index in [4.69, 9.17) is 5.11 Å². The van der Waals surface area contributed by atoms with Crippen molar-refractivity contribution in [2.24, 2.45) is 0 Å². The number of aromatic nitrogens is 1. The normalized spacial score (nSPS) is 10.3. The summed E-state index contributed by atoms with van der Waals surface area (Å²) in [4.78, 5) is 6.38. The average molecular weight is 284 g/mol. The van der Waals surface area contributed by atoms with Crippen LogP contribution in [-0.4, -0.2) is 28.6 Å². The van der Waals surface area contributed by atoms with Crippen molar-refractivity contribution in [1.82, 2.24) is 9.88 Å². The van der Waals surface area contributed by atoms with E-state index in [2.05, 4.69) is 21.7 Å². The van der Waals surface area contributed by atoms with Crippen LogP contribution in [-0.2, 0) is 13.1 Å². The van der Waals surface area contributed by atoms with Gasteiger partial charge in [0.15, 0.2) is 0 Å². The molecule has 0 radical (unpaired) electrons. The minimum atomic E-state index is -0.368. The van der Waals surface area contributed by atoms with Gasteiger partial charge in [0.2, 0.25) is 0 Å². The van der Waals surface area contributed by atoms with Gasteiger partial charge in [-0.25, -0.2) is 4.39 Å². The van der Waals surface area contributed by atoms with E-state index >= 15 is 0 Å². The summed E-state index contributed by atoms with van der Waals surface area (Å²) in [5.74, 6) is 4.72. The Bertz CT molecular complexity index is 647. The van der Waals surface area contributed by atoms with E-state index < -0.39 is 0 Å². The number of pyridine rings is 1. The molecule has 0 saturated heterocycles. The Morgan fingerprint density at radius 2 is 2.10 bits per heavy atom. The summed E-state index contributed by atoms with van der Waals surface area (Å²) in [5, 5.41) is 8.69. The van der Waals surface area contributed by atoms with E-state index in [1.54, 1.807) is 18.3 Å². The summed E-state index contributed by atoms with van der Waals surface area (Å²) in [6.07, 6.45) is 1.77. The number of aliphatic hydroxyl groups is 1. The molecule has 1 N–H and O–H groups in total. The fraction of sp³-hybridized carbons (Fsp3) is 0.235. The van der Waals surface area contributed by atoms with Gasteiger partial charge in [-0.05, 0) is 36.9 Å². The van der Waals surface area contributed by atoms with Gasteiger partial charge in [-0.15, -0.1) is 0 Å². The highest BCUT2D eigenvalue weighted by Crippen LogP contribution is 2.12. The Morgan fingerprint density at radius 3 is 2.81 bits per heavy atom. The lowest BCUT2D eigenvalue weighted by atomic mass is 10.1. The van der Waals surface area contributed by atoms with Crippen molar-refractivity contribution >= 4 is 0 Å². The number of nitrogens with zero attached hydrogens (tertiary/aromatic N) is 2. The van der Waals surface area contributed by atoms with Crippen LogP contribution >= 0.6 is 0 Å². The van der Waals surface area contributed by atoms with Crippen LogP contribution < -0.4 is 0 Å². The molecule has 0 amide bonds. The fourth-order valence-corrected chi connectivity index (χ4v) is 2.04. The summed E-state index contributed by atoms with van der Waals surface area (Å²) in [5.41, 5.74) is 2.27. The molecule has 0 fully saturated rings. The van der Waals surface area contributed by atoms with Crippen LogP contribution in [0.25, 0.3) is 0 Å². The van der Waals surface area contributed by atoms with Crippen LogP contribution in [0.3, 0.4) is 0 Å². The van der Waals surface area contributed by atoms with E-state index in [9.17, 15) is 4.39 Å². The van der Waals surface area contributed by atoms with Crippen LogP contribution in [0.4, 0.5) is 4.39 Å². The zero-order valence-electron chi connectivity index (χ0n) is 11.9. The highest BCUT2D eigenvalue weighted by molar-refractivity contribution is 5.38. The van der Waals surface area contributed by atoms with Gasteiger partial charge in [0.25, 0.3) is 0 Å². The van der Waals surface area contributed by atoms with Crippen LogP contribution in [0.1, 0.15) is 16.8 Å². The molecule has 2 aromatic rings. The number of hydrogen-bond acceptors (Lipinski definition) is 3. The summed E-state index contributed by atoms with van der Waals surface area (Å²) in [6, 6.07) is 10.7. The molecule has 4 heteroatoms. The molecular weight excluding hydrogens is 267 g/mol. The van der Waals surface area contributed by atoms with Gasteiger partial charge in [-0.1, -0.05) is 24.0 Å². The second kappa shape index (κ2) is 7.53. The molecule has 0 saturated carbocycles. The number of hydrogen-bond donors (Lipinski definition) is 1. The monoisotopic (exact) mass is 284 g/mol. The standard InChI is InChI=1S/C17H17FN2O/c1-20(13-16-6-2-3-9-19-16)12-14-7-8-17(18)15(11-14)5-4-10-21/h2-3,6-9,11,21H,10,12-13H2,1H3. The fourth-order valence-electron chi connectivity index (χ4n) is 2.04. The Kier molecular flexibility index (Phi) is 5.44. The average Bonchev–Trinajstić information content (AvgIpc) is 2.48. The zero-order chi connectivity index (χ0) is 15.1. The van der Waals surface area contributed by atoms with Gasteiger partial charge in [0.05, 0.1) is 11.3 Å². The van der Waals surface area contributed by atoms with Gasteiger partial charge in [-0.2, -0.15) is 0 Å². The van der Waals surface area contributed by atoms with Crippen LogP contribution in [0, 0.1) is 17.7 Å². The third-order valence-electron chi connectivity index (χ3n) is 2.94. The molecule has 0 atom stereocenters. The molecular formula is C17H17FN2O. The van der Waals surface area contributed by atoms with Crippen LogP contribution in [0.15, 0.2) is 42.6 Å². The molecule has 0 unspecified atom stereocenters. The third-order valence-corrected chi connectivity index (χ3v) is 2.94. The quantitative estimate of drug-likeness (QED) is 0.874. The molecule has 0 aliphatic carbocycles. The lowest BCUT2D eigenvalue weighted by Crippen LogP contribution is -2.18. The van der Waals surface area contributed by atoms with Crippen LogP contribution in [0.5, 0.6) is 0 Å². The minimum Gasteiger partial charge on any atom is -0.384 e. The molecule has 3 nitrogen and oxygen atoms in total. The van der Waals surface area contributed by atoms with E-state index in [0.717, 1.165) is 17.8 Å². The maximum absolute atomic E-state index is 13.6. The molecule has 1 aromatic heterocycles. The van der Waals surface area contributed by atoms with Crippen molar-refractivity contribution in [3.8, 4) is 11.8 Å². The summed E-state index contributed by atoms with van der Waals surface area (Å²) < 4.78 is 13.6. The van der Waals surface area contributed by atoms with E-state index in [-0.39, 0.29) is 12.4 Å². The maximum atomic E-state index is 13.6. The first-order valence-corrected chi connectivity index (χ1v) is 6.65. The topological polar surface area (TPSA) is 36.4 Å². The first kappa shape index (κ1) is 15.2. The Balaban J connectivity index is 2.05. The number of aliphatic hydroxyl groups excluding tert-OH is 1. The third kappa shape index (κ3) is 4.67. The van der Waals surface area contributed by atoms with E-state index in [1.807, 2.05) is 25.2 Å². The highest BCUT2D eigenvalue weighted by atomic mass is 19.1. The predicted octanol–water partition coefficient (Wildman–Crippen LogP) is 2.20. The molecule has 0 bridgehead atoms. The number of halogens is 1. The largest absolute Gasteiger partial charge is 0.384 e. The smallest absolute Gasteiger partial charge is 0.138 e. The summed E-state index contributed by atoms with van der Waals surface area (Å²) >= 11 is 0. The van der Waals surface area contributed by atoms with Crippen molar-refractivity contribution < 1.29 is 9.50 Å². The van der Waals surface area contributed by atoms with E-state index in [1.165, 1.54) is 6.07 Å². The molecule has 0 spiro atoms.